The van der Waals surface area contributed by atoms with Crippen molar-refractivity contribution >= 4 is 29.1 Å². The molecule has 1 saturated heterocycles. The first kappa shape index (κ1) is 12.6. The van der Waals surface area contributed by atoms with Crippen LogP contribution in [0.15, 0.2) is 22.8 Å². The lowest BCUT2D eigenvalue weighted by atomic mass is 10.3. The van der Waals surface area contributed by atoms with Gasteiger partial charge in [0.1, 0.15) is 18.3 Å². The van der Waals surface area contributed by atoms with Gasteiger partial charge in [-0.3, -0.25) is 14.5 Å². The molecule has 0 saturated carbocycles. The van der Waals surface area contributed by atoms with E-state index in [2.05, 4.69) is 10.6 Å². The highest BCUT2D eigenvalue weighted by Crippen LogP contribution is 2.05. The van der Waals surface area contributed by atoms with Crippen LogP contribution in [0, 0.1) is 0 Å². The molecule has 0 aromatic carbocycles. The average molecular weight is 267 g/mol. The summed E-state index contributed by atoms with van der Waals surface area (Å²) in [6.07, 6.45) is 1.53. The van der Waals surface area contributed by atoms with Crippen molar-refractivity contribution in [2.75, 3.05) is 6.54 Å². The summed E-state index contributed by atoms with van der Waals surface area (Å²) in [6, 6.07) is 3.14. The molecule has 2 heterocycles. The number of hydrogen-bond donors (Lipinski definition) is 2. The lowest BCUT2D eigenvalue weighted by molar-refractivity contribution is -0.131. The number of nitrogens with one attached hydrogen (secondary N) is 2. The summed E-state index contributed by atoms with van der Waals surface area (Å²) >= 11 is 4.97. The van der Waals surface area contributed by atoms with E-state index in [0.29, 0.717) is 17.4 Å². The Bertz CT molecular complexity index is 472. The van der Waals surface area contributed by atoms with Gasteiger partial charge >= 0.3 is 0 Å². The van der Waals surface area contributed by atoms with Gasteiger partial charge in [0.05, 0.1) is 12.8 Å². The highest BCUT2D eigenvalue weighted by Gasteiger charge is 2.33. The molecule has 1 aromatic heterocycles. The van der Waals surface area contributed by atoms with Gasteiger partial charge in [-0.1, -0.05) is 0 Å². The molecule has 2 amide bonds. The molecule has 0 bridgehead atoms. The second kappa shape index (κ2) is 5.18. The lowest BCUT2D eigenvalue weighted by Gasteiger charge is -2.13. The summed E-state index contributed by atoms with van der Waals surface area (Å²) < 4.78 is 5.08. The van der Waals surface area contributed by atoms with E-state index in [-0.39, 0.29) is 24.4 Å². The van der Waals surface area contributed by atoms with Gasteiger partial charge in [0.15, 0.2) is 5.11 Å². The van der Waals surface area contributed by atoms with Crippen LogP contribution < -0.4 is 10.6 Å². The fourth-order valence-electron chi connectivity index (χ4n) is 1.61. The van der Waals surface area contributed by atoms with Crippen molar-refractivity contribution in [2.45, 2.75) is 19.5 Å². The molecule has 6 nitrogen and oxygen atoms in total. The standard InChI is InChI=1S/C11H13N3O3S/c1-7-10(16)14(11(18)13-7)6-9(15)12-5-8-3-2-4-17-8/h2-4,7H,5-6H2,1H3,(H,12,15)(H,13,18). The number of rotatable bonds is 4. The van der Waals surface area contributed by atoms with E-state index in [4.69, 9.17) is 16.6 Å². The Kier molecular flexibility index (Phi) is 3.61. The molecule has 0 aliphatic carbocycles. The number of thiocarbonyl (C=S) groups is 1. The zero-order valence-electron chi connectivity index (χ0n) is 9.80. The minimum atomic E-state index is -0.365. The van der Waals surface area contributed by atoms with Crippen molar-refractivity contribution in [3.05, 3.63) is 24.2 Å². The molecule has 7 heteroatoms. The summed E-state index contributed by atoms with van der Waals surface area (Å²) in [4.78, 5) is 24.6. The second-order valence-corrected chi connectivity index (χ2v) is 4.34. The number of carbonyl (C=O) groups excluding carboxylic acids is 2. The van der Waals surface area contributed by atoms with Crippen molar-refractivity contribution in [3.63, 3.8) is 0 Å². The highest BCUT2D eigenvalue weighted by molar-refractivity contribution is 7.80. The molecule has 2 N–H and O–H groups in total. The average Bonchev–Trinajstić information content (AvgIpc) is 2.92. The Labute approximate surface area is 109 Å². The molecule has 1 aliphatic heterocycles. The van der Waals surface area contributed by atoms with Gasteiger partial charge in [-0.15, -0.1) is 0 Å². The number of furan rings is 1. The predicted octanol–water partition coefficient (Wildman–Crippen LogP) is 0.001000. The number of amides is 2. The van der Waals surface area contributed by atoms with E-state index in [9.17, 15) is 9.59 Å². The summed E-state index contributed by atoms with van der Waals surface area (Å²) in [5.74, 6) is 0.191. The summed E-state index contributed by atoms with van der Waals surface area (Å²) in [7, 11) is 0. The minimum Gasteiger partial charge on any atom is -0.467 e. The van der Waals surface area contributed by atoms with Gasteiger partial charge in [0.2, 0.25) is 5.91 Å². The fourth-order valence-corrected chi connectivity index (χ4v) is 1.94. The monoisotopic (exact) mass is 267 g/mol. The van der Waals surface area contributed by atoms with Gasteiger partial charge < -0.3 is 15.1 Å². The van der Waals surface area contributed by atoms with Crippen LogP contribution in [0.4, 0.5) is 0 Å². The summed E-state index contributed by atoms with van der Waals surface area (Å²) in [5.41, 5.74) is 0. The highest BCUT2D eigenvalue weighted by atomic mass is 32.1. The van der Waals surface area contributed by atoms with Crippen LogP contribution in [-0.4, -0.2) is 34.4 Å². The topological polar surface area (TPSA) is 74.6 Å². The Morgan fingerprint density at radius 1 is 1.67 bits per heavy atom. The quantitative estimate of drug-likeness (QED) is 0.751. The fraction of sp³-hybridized carbons (Fsp3) is 0.364. The van der Waals surface area contributed by atoms with Crippen molar-refractivity contribution < 1.29 is 14.0 Å². The van der Waals surface area contributed by atoms with Crippen molar-refractivity contribution in [2.24, 2.45) is 0 Å². The largest absolute Gasteiger partial charge is 0.467 e. The second-order valence-electron chi connectivity index (χ2n) is 3.95. The van der Waals surface area contributed by atoms with E-state index < -0.39 is 0 Å². The molecule has 1 aliphatic rings. The maximum atomic E-state index is 11.7. The van der Waals surface area contributed by atoms with Crippen LogP contribution in [0.25, 0.3) is 0 Å². The normalized spacial score (nSPS) is 18.9. The van der Waals surface area contributed by atoms with E-state index >= 15 is 0 Å². The van der Waals surface area contributed by atoms with Crippen molar-refractivity contribution in [1.29, 1.82) is 0 Å². The molecule has 18 heavy (non-hydrogen) atoms. The third kappa shape index (κ3) is 2.67. The number of carbonyl (C=O) groups is 2. The Morgan fingerprint density at radius 2 is 2.44 bits per heavy atom. The maximum absolute atomic E-state index is 11.7. The molecule has 1 aromatic rings. The van der Waals surface area contributed by atoms with Crippen molar-refractivity contribution in [1.82, 2.24) is 15.5 Å². The van der Waals surface area contributed by atoms with Crippen LogP contribution in [0.1, 0.15) is 12.7 Å². The maximum Gasteiger partial charge on any atom is 0.251 e. The molecule has 0 spiro atoms. The van der Waals surface area contributed by atoms with Gasteiger partial charge in [0, 0.05) is 0 Å². The number of hydrogen-bond acceptors (Lipinski definition) is 4. The Hall–Kier alpha value is -1.89. The van der Waals surface area contributed by atoms with E-state index in [1.807, 2.05) is 0 Å². The first-order valence-corrected chi connectivity index (χ1v) is 5.89. The summed E-state index contributed by atoms with van der Waals surface area (Å²) in [5, 5.41) is 5.75. The van der Waals surface area contributed by atoms with E-state index in [1.54, 1.807) is 19.1 Å². The van der Waals surface area contributed by atoms with Crippen LogP contribution in [-0.2, 0) is 16.1 Å². The Morgan fingerprint density at radius 3 is 3.00 bits per heavy atom. The zero-order valence-corrected chi connectivity index (χ0v) is 10.6. The van der Waals surface area contributed by atoms with Gasteiger partial charge in [-0.05, 0) is 31.3 Å². The SMILES string of the molecule is CC1NC(=S)N(CC(=O)NCc2ccco2)C1=O. The molecule has 96 valence electrons. The molecular formula is C11H13N3O3S. The Balaban J connectivity index is 1.84. The zero-order chi connectivity index (χ0) is 13.1. The van der Waals surface area contributed by atoms with Crippen LogP contribution in [0.3, 0.4) is 0 Å². The van der Waals surface area contributed by atoms with Crippen LogP contribution in [0.2, 0.25) is 0 Å². The van der Waals surface area contributed by atoms with E-state index in [1.165, 1.54) is 11.2 Å². The molecular weight excluding hydrogens is 254 g/mol. The predicted molar refractivity (Wildman–Crippen MR) is 67.5 cm³/mol. The van der Waals surface area contributed by atoms with Gasteiger partial charge in [0.25, 0.3) is 5.91 Å². The van der Waals surface area contributed by atoms with Gasteiger partial charge in [-0.25, -0.2) is 0 Å². The first-order valence-electron chi connectivity index (χ1n) is 5.49. The molecule has 0 radical (unpaired) electrons. The third-order valence-corrected chi connectivity index (χ3v) is 2.90. The van der Waals surface area contributed by atoms with Gasteiger partial charge in [-0.2, -0.15) is 0 Å². The molecule has 1 atom stereocenters. The first-order chi connectivity index (χ1) is 8.58. The molecule has 2 rings (SSSR count). The smallest absolute Gasteiger partial charge is 0.251 e. The molecule has 1 unspecified atom stereocenters. The van der Waals surface area contributed by atoms with E-state index in [0.717, 1.165) is 0 Å². The van der Waals surface area contributed by atoms with Crippen LogP contribution in [0.5, 0.6) is 0 Å². The van der Waals surface area contributed by atoms with Crippen LogP contribution >= 0.6 is 12.2 Å². The number of nitrogens with zero attached hydrogens (tertiary/aromatic N) is 1. The summed E-state index contributed by atoms with van der Waals surface area (Å²) in [6.45, 7) is 1.93. The third-order valence-electron chi connectivity index (χ3n) is 2.56. The lowest BCUT2D eigenvalue weighted by Crippen LogP contribution is -2.40. The molecule has 1 fully saturated rings. The minimum absolute atomic E-state index is 0.0737. The van der Waals surface area contributed by atoms with Crippen molar-refractivity contribution in [3.8, 4) is 0 Å².